The minimum atomic E-state index is -0.229. The number of nitrogens with one attached hydrogen (secondary N) is 2. The van der Waals surface area contributed by atoms with Gasteiger partial charge in [0.05, 0.1) is 34.2 Å². The van der Waals surface area contributed by atoms with Crippen LogP contribution in [0.5, 0.6) is 0 Å². The molecule has 2 heterocycles. The Morgan fingerprint density at radius 3 is 1.31 bits per heavy atom. The molecule has 0 aliphatic heterocycles. The normalized spacial score (nSPS) is 12.9. The summed E-state index contributed by atoms with van der Waals surface area (Å²) in [6.07, 6.45) is 3.34. The van der Waals surface area contributed by atoms with E-state index in [1.165, 1.54) is 0 Å². The van der Waals surface area contributed by atoms with Crippen molar-refractivity contribution in [2.24, 2.45) is 22.3 Å². The van der Waals surface area contributed by atoms with Gasteiger partial charge in [-0.3, -0.25) is 10.8 Å². The van der Waals surface area contributed by atoms with Crippen LogP contribution in [-0.4, -0.2) is 21.4 Å². The van der Waals surface area contributed by atoms with Crippen molar-refractivity contribution in [2.75, 3.05) is 0 Å². The molecule has 186 valence electrons. The SMILES string of the molecule is CC(C)(C)C(N)=CC(=N)c1cccc(-c2ccccc2-c2cccc(C(=N)C=C(N)C(C)(C)C)n2)n1. The second-order valence-corrected chi connectivity index (χ2v) is 10.9. The highest BCUT2D eigenvalue weighted by molar-refractivity contribution is 6.06. The smallest absolute Gasteiger partial charge is 0.0887 e. The first-order chi connectivity index (χ1) is 16.8. The fourth-order valence-electron chi connectivity index (χ4n) is 3.29. The third-order valence-electron chi connectivity index (χ3n) is 5.86. The van der Waals surface area contributed by atoms with E-state index in [-0.39, 0.29) is 22.3 Å². The quantitative estimate of drug-likeness (QED) is 0.308. The highest BCUT2D eigenvalue weighted by Crippen LogP contribution is 2.30. The van der Waals surface area contributed by atoms with Crippen LogP contribution in [0.3, 0.4) is 0 Å². The molecule has 2 aromatic heterocycles. The summed E-state index contributed by atoms with van der Waals surface area (Å²) in [5.74, 6) is 0. The molecular weight excluding hydrogens is 444 g/mol. The zero-order valence-electron chi connectivity index (χ0n) is 22.0. The molecule has 0 saturated carbocycles. The fraction of sp³-hybridized carbons (Fsp3) is 0.267. The van der Waals surface area contributed by atoms with Crippen LogP contribution in [0, 0.1) is 21.6 Å². The number of rotatable bonds is 6. The summed E-state index contributed by atoms with van der Waals surface area (Å²) in [5.41, 5.74) is 18.0. The molecule has 0 spiro atoms. The molecule has 36 heavy (non-hydrogen) atoms. The van der Waals surface area contributed by atoms with E-state index < -0.39 is 0 Å². The Hall–Kier alpha value is -4.06. The summed E-state index contributed by atoms with van der Waals surface area (Å²) in [6.45, 7) is 12.1. The van der Waals surface area contributed by atoms with Gasteiger partial charge in [-0.1, -0.05) is 77.9 Å². The number of allylic oxidation sites excluding steroid dienone is 4. The molecule has 0 bridgehead atoms. The molecular formula is C30H36N6. The molecule has 6 heteroatoms. The highest BCUT2D eigenvalue weighted by Gasteiger charge is 2.17. The lowest BCUT2D eigenvalue weighted by Gasteiger charge is -2.19. The van der Waals surface area contributed by atoms with Gasteiger partial charge >= 0.3 is 0 Å². The van der Waals surface area contributed by atoms with Gasteiger partial charge in [0.2, 0.25) is 0 Å². The maximum Gasteiger partial charge on any atom is 0.0887 e. The molecule has 0 unspecified atom stereocenters. The summed E-state index contributed by atoms with van der Waals surface area (Å²) in [4.78, 5) is 9.53. The van der Waals surface area contributed by atoms with Crippen LogP contribution in [0.25, 0.3) is 22.5 Å². The van der Waals surface area contributed by atoms with E-state index in [0.29, 0.717) is 22.8 Å². The summed E-state index contributed by atoms with van der Waals surface area (Å²) in [6, 6.07) is 19.1. The van der Waals surface area contributed by atoms with E-state index in [9.17, 15) is 0 Å². The molecule has 0 atom stereocenters. The number of hydrogen-bond acceptors (Lipinski definition) is 6. The number of nitrogens with two attached hydrogens (primary N) is 2. The summed E-state index contributed by atoms with van der Waals surface area (Å²) >= 11 is 0. The zero-order valence-corrected chi connectivity index (χ0v) is 22.0. The van der Waals surface area contributed by atoms with E-state index >= 15 is 0 Å². The van der Waals surface area contributed by atoms with E-state index in [0.717, 1.165) is 22.5 Å². The van der Waals surface area contributed by atoms with Crippen molar-refractivity contribution in [1.29, 1.82) is 10.8 Å². The predicted octanol–water partition coefficient (Wildman–Crippen LogP) is 6.32. The van der Waals surface area contributed by atoms with Crippen molar-refractivity contribution in [2.45, 2.75) is 41.5 Å². The third kappa shape index (κ3) is 6.33. The van der Waals surface area contributed by atoms with Gasteiger partial charge in [-0.25, -0.2) is 9.97 Å². The highest BCUT2D eigenvalue weighted by atomic mass is 14.8. The van der Waals surface area contributed by atoms with Crippen LogP contribution in [0.2, 0.25) is 0 Å². The lowest BCUT2D eigenvalue weighted by molar-refractivity contribution is 0.498. The van der Waals surface area contributed by atoms with Gasteiger partial charge in [-0.2, -0.15) is 0 Å². The molecule has 6 nitrogen and oxygen atoms in total. The van der Waals surface area contributed by atoms with Crippen LogP contribution in [0.15, 0.2) is 84.2 Å². The first-order valence-electron chi connectivity index (χ1n) is 11.9. The number of nitrogens with zero attached hydrogens (tertiary/aromatic N) is 2. The van der Waals surface area contributed by atoms with Crippen LogP contribution >= 0.6 is 0 Å². The summed E-state index contributed by atoms with van der Waals surface area (Å²) in [7, 11) is 0. The molecule has 1 aromatic carbocycles. The second kappa shape index (κ2) is 10.3. The Morgan fingerprint density at radius 1 is 0.611 bits per heavy atom. The van der Waals surface area contributed by atoms with E-state index in [2.05, 4.69) is 0 Å². The minimum Gasteiger partial charge on any atom is -0.402 e. The number of hydrogen-bond donors (Lipinski definition) is 4. The van der Waals surface area contributed by atoms with Crippen molar-refractivity contribution >= 4 is 11.4 Å². The molecule has 0 aliphatic carbocycles. The maximum absolute atomic E-state index is 8.52. The lowest BCUT2D eigenvalue weighted by atomic mass is 9.91. The van der Waals surface area contributed by atoms with Gasteiger partial charge in [0.1, 0.15) is 0 Å². The van der Waals surface area contributed by atoms with E-state index in [4.69, 9.17) is 32.3 Å². The van der Waals surface area contributed by atoms with Gasteiger partial charge in [-0.05, 0) is 36.4 Å². The number of aromatic nitrogens is 2. The van der Waals surface area contributed by atoms with Gasteiger partial charge in [0.15, 0.2) is 0 Å². The van der Waals surface area contributed by atoms with E-state index in [1.54, 1.807) is 12.2 Å². The largest absolute Gasteiger partial charge is 0.402 e. The van der Waals surface area contributed by atoms with Gasteiger partial charge in [-0.15, -0.1) is 0 Å². The molecule has 0 aliphatic rings. The molecule has 0 amide bonds. The summed E-state index contributed by atoms with van der Waals surface area (Å²) in [5, 5.41) is 17.0. The minimum absolute atomic E-state index is 0.229. The zero-order chi connectivity index (χ0) is 26.7. The number of pyridine rings is 2. The molecule has 0 fully saturated rings. The Balaban J connectivity index is 2.01. The van der Waals surface area contributed by atoms with E-state index in [1.807, 2.05) is 102 Å². The van der Waals surface area contributed by atoms with Crippen LogP contribution < -0.4 is 11.5 Å². The van der Waals surface area contributed by atoms with Gasteiger partial charge in [0, 0.05) is 33.4 Å². The van der Waals surface area contributed by atoms with Gasteiger partial charge in [0.25, 0.3) is 0 Å². The van der Waals surface area contributed by atoms with Crippen molar-refractivity contribution in [3.63, 3.8) is 0 Å². The topological polar surface area (TPSA) is 126 Å². The van der Waals surface area contributed by atoms with Crippen LogP contribution in [-0.2, 0) is 0 Å². The Morgan fingerprint density at radius 2 is 0.972 bits per heavy atom. The number of benzene rings is 1. The standard InChI is InChI=1S/C30H36N6/c1-29(2,3)27(33)17-21(31)25-15-9-13-23(35-25)19-11-7-8-12-20(19)24-14-10-16-26(36-24)22(32)18-28(34)30(4,5)6/h7-18,31-32H,33-34H2,1-6H3. The Labute approximate surface area is 214 Å². The molecule has 0 radical (unpaired) electrons. The molecule has 0 saturated heterocycles. The third-order valence-corrected chi connectivity index (χ3v) is 5.86. The van der Waals surface area contributed by atoms with Crippen molar-refractivity contribution in [3.05, 3.63) is 95.6 Å². The van der Waals surface area contributed by atoms with Crippen LogP contribution in [0.1, 0.15) is 52.9 Å². The Kier molecular flexibility index (Phi) is 7.58. The van der Waals surface area contributed by atoms with Crippen molar-refractivity contribution in [1.82, 2.24) is 9.97 Å². The van der Waals surface area contributed by atoms with Gasteiger partial charge < -0.3 is 11.5 Å². The average Bonchev–Trinajstić information content (AvgIpc) is 2.83. The molecule has 3 aromatic rings. The van der Waals surface area contributed by atoms with Crippen molar-refractivity contribution < 1.29 is 0 Å². The van der Waals surface area contributed by atoms with Crippen molar-refractivity contribution in [3.8, 4) is 22.5 Å². The Bertz CT molecular complexity index is 1250. The lowest BCUT2D eigenvalue weighted by Crippen LogP contribution is -2.18. The maximum atomic E-state index is 8.52. The molecule has 3 rings (SSSR count). The fourth-order valence-corrected chi connectivity index (χ4v) is 3.29. The first-order valence-corrected chi connectivity index (χ1v) is 11.9. The first kappa shape index (κ1) is 26.5. The average molecular weight is 481 g/mol. The predicted molar refractivity (Wildman–Crippen MR) is 150 cm³/mol. The van der Waals surface area contributed by atoms with Crippen LogP contribution in [0.4, 0.5) is 0 Å². The monoisotopic (exact) mass is 480 g/mol. The second-order valence-electron chi connectivity index (χ2n) is 10.9. The summed E-state index contributed by atoms with van der Waals surface area (Å²) < 4.78 is 0. The molecule has 6 N–H and O–H groups in total.